The van der Waals surface area contributed by atoms with Gasteiger partial charge in [0.05, 0.1) is 13.2 Å². The van der Waals surface area contributed by atoms with Gasteiger partial charge >= 0.3 is 0 Å². The van der Waals surface area contributed by atoms with Crippen LogP contribution in [-0.2, 0) is 26.2 Å². The maximum absolute atomic E-state index is 13.2. The molecule has 0 bridgehead atoms. The lowest BCUT2D eigenvalue weighted by molar-refractivity contribution is -0.157. The SMILES string of the molecule is COC1(C(=O)N2Cc3ccccc3C3(CCCC3)C2)CCOC1. The number of benzene rings is 1. The van der Waals surface area contributed by atoms with Crippen LogP contribution in [-0.4, -0.2) is 43.3 Å². The number of carbonyl (C=O) groups excluding carboxylic acids is 1. The number of nitrogens with zero attached hydrogens (tertiary/aromatic N) is 1. The van der Waals surface area contributed by atoms with Gasteiger partial charge in [0.15, 0.2) is 5.60 Å². The minimum atomic E-state index is -0.772. The first kappa shape index (κ1) is 15.2. The summed E-state index contributed by atoms with van der Waals surface area (Å²) in [5.41, 5.74) is 2.15. The van der Waals surface area contributed by atoms with Crippen molar-refractivity contribution in [3.8, 4) is 0 Å². The van der Waals surface area contributed by atoms with Crippen molar-refractivity contribution < 1.29 is 14.3 Å². The lowest BCUT2D eigenvalue weighted by atomic mass is 9.73. The zero-order chi connectivity index (χ0) is 15.9. The molecular weight excluding hydrogens is 290 g/mol. The Balaban J connectivity index is 1.68. The normalized spacial score (nSPS) is 29.0. The lowest BCUT2D eigenvalue weighted by Crippen LogP contribution is -2.55. The van der Waals surface area contributed by atoms with E-state index in [1.807, 2.05) is 4.90 Å². The Labute approximate surface area is 137 Å². The van der Waals surface area contributed by atoms with Crippen molar-refractivity contribution in [2.75, 3.05) is 26.9 Å². The Hall–Kier alpha value is -1.39. The summed E-state index contributed by atoms with van der Waals surface area (Å²) in [7, 11) is 1.63. The molecule has 0 N–H and O–H groups in total. The van der Waals surface area contributed by atoms with E-state index in [2.05, 4.69) is 24.3 Å². The maximum atomic E-state index is 13.2. The quantitative estimate of drug-likeness (QED) is 0.842. The number of methoxy groups -OCH3 is 1. The number of carbonyl (C=O) groups is 1. The van der Waals surface area contributed by atoms with E-state index in [1.54, 1.807) is 7.11 Å². The van der Waals surface area contributed by atoms with Gasteiger partial charge in [-0.3, -0.25) is 4.79 Å². The molecule has 1 spiro atoms. The van der Waals surface area contributed by atoms with Crippen LogP contribution in [0.5, 0.6) is 0 Å². The average Bonchev–Trinajstić information content (AvgIpc) is 3.25. The minimum Gasteiger partial charge on any atom is -0.378 e. The predicted octanol–water partition coefficient (Wildman–Crippen LogP) is 2.65. The fraction of sp³-hybridized carbons (Fsp3) is 0.632. The molecule has 0 radical (unpaired) electrons. The highest BCUT2D eigenvalue weighted by molar-refractivity contribution is 5.86. The number of fused-ring (bicyclic) bond motifs is 2. The van der Waals surface area contributed by atoms with Crippen molar-refractivity contribution in [2.45, 2.75) is 49.7 Å². The fourth-order valence-corrected chi connectivity index (χ4v) is 4.76. The summed E-state index contributed by atoms with van der Waals surface area (Å²) in [5, 5.41) is 0. The van der Waals surface area contributed by atoms with Gasteiger partial charge in [0.25, 0.3) is 5.91 Å². The molecule has 2 heterocycles. The summed E-state index contributed by atoms with van der Waals surface area (Å²) in [6.45, 7) is 2.51. The van der Waals surface area contributed by atoms with Crippen LogP contribution in [0.2, 0.25) is 0 Å². The summed E-state index contributed by atoms with van der Waals surface area (Å²) in [4.78, 5) is 15.3. The first-order valence-corrected chi connectivity index (χ1v) is 8.70. The molecule has 0 aromatic heterocycles. The van der Waals surface area contributed by atoms with Gasteiger partial charge in [-0.05, 0) is 24.0 Å². The molecule has 2 aliphatic heterocycles. The molecule has 1 saturated carbocycles. The van der Waals surface area contributed by atoms with E-state index >= 15 is 0 Å². The standard InChI is InChI=1S/C19H25NO3/c1-22-19(10-11-23-14-19)17(21)20-12-15-6-2-3-7-16(15)18(13-20)8-4-5-9-18/h2-3,6-7H,4-5,8-14H2,1H3. The van der Waals surface area contributed by atoms with Crippen LogP contribution in [0.25, 0.3) is 0 Å². The summed E-state index contributed by atoms with van der Waals surface area (Å²) in [6.07, 6.45) is 5.55. The highest BCUT2D eigenvalue weighted by Gasteiger charge is 2.49. The molecular formula is C19H25NO3. The van der Waals surface area contributed by atoms with Crippen LogP contribution in [0.4, 0.5) is 0 Å². The van der Waals surface area contributed by atoms with E-state index in [0.717, 1.165) is 6.54 Å². The second-order valence-corrected chi connectivity index (χ2v) is 7.31. The molecule has 4 rings (SSSR count). The van der Waals surface area contributed by atoms with Gasteiger partial charge in [-0.25, -0.2) is 0 Å². The Bertz CT molecular complexity index is 600. The monoisotopic (exact) mass is 315 g/mol. The third kappa shape index (κ3) is 2.31. The maximum Gasteiger partial charge on any atom is 0.257 e. The molecule has 4 heteroatoms. The third-order valence-corrected chi connectivity index (χ3v) is 6.06. The largest absolute Gasteiger partial charge is 0.378 e. The van der Waals surface area contributed by atoms with Crippen LogP contribution in [0.3, 0.4) is 0 Å². The second kappa shape index (κ2) is 5.60. The number of rotatable bonds is 2. The molecule has 2 fully saturated rings. The van der Waals surface area contributed by atoms with Crippen molar-refractivity contribution >= 4 is 5.91 Å². The number of amides is 1. The predicted molar refractivity (Wildman–Crippen MR) is 87.2 cm³/mol. The molecule has 3 aliphatic rings. The lowest BCUT2D eigenvalue weighted by Gasteiger charge is -2.44. The van der Waals surface area contributed by atoms with Crippen LogP contribution < -0.4 is 0 Å². The van der Waals surface area contributed by atoms with Crippen molar-refractivity contribution in [3.63, 3.8) is 0 Å². The molecule has 1 atom stereocenters. The van der Waals surface area contributed by atoms with Gasteiger partial charge in [-0.1, -0.05) is 37.1 Å². The van der Waals surface area contributed by atoms with Crippen LogP contribution in [0.15, 0.2) is 24.3 Å². The molecule has 23 heavy (non-hydrogen) atoms. The van der Waals surface area contributed by atoms with Crippen molar-refractivity contribution in [3.05, 3.63) is 35.4 Å². The van der Waals surface area contributed by atoms with E-state index in [-0.39, 0.29) is 11.3 Å². The summed E-state index contributed by atoms with van der Waals surface area (Å²) in [6, 6.07) is 8.67. The van der Waals surface area contributed by atoms with Gasteiger partial charge in [-0.2, -0.15) is 0 Å². The Morgan fingerprint density at radius 3 is 2.70 bits per heavy atom. The van der Waals surface area contributed by atoms with E-state index in [1.165, 1.54) is 36.8 Å². The van der Waals surface area contributed by atoms with E-state index in [4.69, 9.17) is 9.47 Å². The molecule has 1 amide bonds. The highest BCUT2D eigenvalue weighted by atomic mass is 16.6. The fourth-order valence-electron chi connectivity index (χ4n) is 4.76. The van der Waals surface area contributed by atoms with Crippen molar-refractivity contribution in [1.82, 2.24) is 4.90 Å². The van der Waals surface area contributed by atoms with Crippen LogP contribution in [0.1, 0.15) is 43.2 Å². The van der Waals surface area contributed by atoms with Gasteiger partial charge < -0.3 is 14.4 Å². The molecule has 1 unspecified atom stereocenters. The second-order valence-electron chi connectivity index (χ2n) is 7.31. The first-order valence-electron chi connectivity index (χ1n) is 8.70. The van der Waals surface area contributed by atoms with Crippen molar-refractivity contribution in [2.24, 2.45) is 0 Å². The zero-order valence-corrected chi connectivity index (χ0v) is 13.8. The summed E-state index contributed by atoms with van der Waals surface area (Å²) >= 11 is 0. The number of hydrogen-bond acceptors (Lipinski definition) is 3. The molecule has 124 valence electrons. The Kier molecular flexibility index (Phi) is 3.69. The molecule has 4 nitrogen and oxygen atoms in total. The number of ether oxygens (including phenoxy) is 2. The summed E-state index contributed by atoms with van der Waals surface area (Å²) < 4.78 is 11.1. The smallest absolute Gasteiger partial charge is 0.257 e. The molecule has 1 aromatic rings. The van der Waals surface area contributed by atoms with Crippen LogP contribution in [0, 0.1) is 0 Å². The van der Waals surface area contributed by atoms with Gasteiger partial charge in [0, 0.05) is 32.0 Å². The van der Waals surface area contributed by atoms with Crippen LogP contribution >= 0.6 is 0 Å². The zero-order valence-electron chi connectivity index (χ0n) is 13.8. The molecule has 1 aromatic carbocycles. The first-order chi connectivity index (χ1) is 11.2. The molecule has 1 saturated heterocycles. The van der Waals surface area contributed by atoms with E-state index in [0.29, 0.717) is 26.2 Å². The van der Waals surface area contributed by atoms with Gasteiger partial charge in [0.2, 0.25) is 0 Å². The molecule has 1 aliphatic carbocycles. The summed E-state index contributed by atoms with van der Waals surface area (Å²) in [5.74, 6) is 0.110. The Morgan fingerprint density at radius 1 is 1.22 bits per heavy atom. The average molecular weight is 315 g/mol. The van der Waals surface area contributed by atoms with Crippen molar-refractivity contribution in [1.29, 1.82) is 0 Å². The third-order valence-electron chi connectivity index (χ3n) is 6.06. The van der Waals surface area contributed by atoms with E-state index in [9.17, 15) is 4.79 Å². The van der Waals surface area contributed by atoms with Gasteiger partial charge in [-0.15, -0.1) is 0 Å². The topological polar surface area (TPSA) is 38.8 Å². The van der Waals surface area contributed by atoms with E-state index < -0.39 is 5.60 Å². The number of hydrogen-bond donors (Lipinski definition) is 0. The minimum absolute atomic E-state index is 0.110. The highest BCUT2D eigenvalue weighted by Crippen LogP contribution is 2.46. The Morgan fingerprint density at radius 2 is 2.00 bits per heavy atom. The van der Waals surface area contributed by atoms with Gasteiger partial charge in [0.1, 0.15) is 0 Å².